The van der Waals surface area contributed by atoms with Crippen LogP contribution in [-0.2, 0) is 21.2 Å². The molecule has 1 saturated carbocycles. The summed E-state index contributed by atoms with van der Waals surface area (Å²) in [6, 6.07) is 15.1. The number of hydrogen-bond acceptors (Lipinski definition) is 5. The largest absolute Gasteiger partial charge is 0.314 e. The molecule has 7 heteroatoms. The lowest BCUT2D eigenvalue weighted by molar-refractivity contribution is -0.119. The number of ketones is 1. The van der Waals surface area contributed by atoms with Crippen molar-refractivity contribution in [2.24, 2.45) is 5.92 Å². The molecule has 2 unspecified atom stereocenters. The summed E-state index contributed by atoms with van der Waals surface area (Å²) in [5.74, 6) is 0.452. The lowest BCUT2D eigenvalue weighted by atomic mass is 10.0. The zero-order chi connectivity index (χ0) is 21.4. The Morgan fingerprint density at radius 3 is 2.58 bits per heavy atom. The average molecular weight is 436 g/mol. The predicted octanol–water partition coefficient (Wildman–Crippen LogP) is 2.74. The van der Waals surface area contributed by atoms with E-state index in [4.69, 9.17) is 0 Å². The van der Waals surface area contributed by atoms with Crippen molar-refractivity contribution in [3.05, 3.63) is 72.1 Å². The third kappa shape index (κ3) is 4.13. The van der Waals surface area contributed by atoms with Crippen LogP contribution in [0.4, 0.5) is 0 Å². The molecule has 2 aromatic carbocycles. The number of benzene rings is 2. The highest BCUT2D eigenvalue weighted by molar-refractivity contribution is 7.89. The van der Waals surface area contributed by atoms with Gasteiger partial charge in [-0.05, 0) is 47.1 Å². The van der Waals surface area contributed by atoms with Crippen LogP contribution >= 0.6 is 0 Å². The van der Waals surface area contributed by atoms with Crippen LogP contribution in [0.2, 0.25) is 0 Å². The first-order chi connectivity index (χ1) is 15.0. The van der Waals surface area contributed by atoms with E-state index < -0.39 is 10.0 Å². The maximum Gasteiger partial charge on any atom is 0.243 e. The number of hydrogen-bond donors (Lipinski definition) is 1. The Morgan fingerprint density at radius 2 is 1.81 bits per heavy atom. The third-order valence-electron chi connectivity index (χ3n) is 6.31. The molecule has 2 aliphatic rings. The molecule has 0 amide bonds. The Balaban J connectivity index is 1.24. The van der Waals surface area contributed by atoms with Crippen molar-refractivity contribution in [2.75, 3.05) is 26.2 Å². The first-order valence-electron chi connectivity index (χ1n) is 10.7. The molecule has 3 aromatic rings. The van der Waals surface area contributed by atoms with Gasteiger partial charge in [0.05, 0.1) is 4.90 Å². The first-order valence-corrected chi connectivity index (χ1v) is 12.1. The number of nitrogens with zero attached hydrogens (tertiary/aromatic N) is 2. The number of rotatable bonds is 6. The highest BCUT2D eigenvalue weighted by Gasteiger charge is 2.43. The maximum absolute atomic E-state index is 12.8. The molecule has 1 aromatic heterocycles. The van der Waals surface area contributed by atoms with Crippen LogP contribution in [-0.4, -0.2) is 49.7 Å². The number of fused-ring (bicyclic) bond motifs is 1. The highest BCUT2D eigenvalue weighted by Crippen LogP contribution is 2.48. The minimum Gasteiger partial charge on any atom is -0.314 e. The number of nitrogens with one attached hydrogen (secondary N) is 1. The standard InChI is InChI=1S/C24H25N3O3S/c28-24(14-17-1-2-20-16-26-8-7-19(20)13-17)23-15-22(23)18-3-5-21(6-4-18)31(29,30)27-11-9-25-10-12-27/h1-8,13,16,22-23,25H,9-12,14-15H2. The fraction of sp³-hybridized carbons (Fsp3) is 0.333. The zero-order valence-corrected chi connectivity index (χ0v) is 18.0. The number of aromatic nitrogens is 1. The molecule has 6 nitrogen and oxygen atoms in total. The summed E-state index contributed by atoms with van der Waals surface area (Å²) in [5, 5.41) is 5.33. The Labute approximate surface area is 182 Å². The van der Waals surface area contributed by atoms with Gasteiger partial charge in [-0.25, -0.2) is 8.42 Å². The normalized spacial score (nSPS) is 21.8. The van der Waals surface area contributed by atoms with E-state index in [1.807, 2.05) is 36.5 Å². The van der Waals surface area contributed by atoms with Gasteiger partial charge in [0.15, 0.2) is 0 Å². The number of piperazine rings is 1. The number of carbonyl (C=O) groups is 1. The maximum atomic E-state index is 12.8. The van der Waals surface area contributed by atoms with Crippen molar-refractivity contribution >= 4 is 26.6 Å². The lowest BCUT2D eigenvalue weighted by Gasteiger charge is -2.26. The van der Waals surface area contributed by atoms with Crippen molar-refractivity contribution in [1.82, 2.24) is 14.6 Å². The van der Waals surface area contributed by atoms with Crippen LogP contribution in [0.15, 0.2) is 65.8 Å². The first kappa shape index (κ1) is 20.3. The van der Waals surface area contributed by atoms with Crippen LogP contribution in [0.25, 0.3) is 10.8 Å². The van der Waals surface area contributed by atoms with E-state index in [0.717, 1.165) is 28.3 Å². The van der Waals surface area contributed by atoms with Crippen molar-refractivity contribution < 1.29 is 13.2 Å². The van der Waals surface area contributed by atoms with Crippen LogP contribution in [0.1, 0.15) is 23.5 Å². The fourth-order valence-corrected chi connectivity index (χ4v) is 5.86. The number of sulfonamides is 1. The van der Waals surface area contributed by atoms with Gasteiger partial charge in [-0.15, -0.1) is 0 Å². The van der Waals surface area contributed by atoms with Crippen LogP contribution in [0.3, 0.4) is 0 Å². The van der Waals surface area contributed by atoms with Gasteiger partial charge in [0.25, 0.3) is 0 Å². The van der Waals surface area contributed by atoms with E-state index in [1.165, 1.54) is 4.31 Å². The molecule has 160 valence electrons. The number of carbonyl (C=O) groups excluding carboxylic acids is 1. The second-order valence-corrected chi connectivity index (χ2v) is 10.3. The molecule has 1 aliphatic heterocycles. The Morgan fingerprint density at radius 1 is 1.03 bits per heavy atom. The van der Waals surface area contributed by atoms with Gasteiger partial charge in [-0.3, -0.25) is 9.78 Å². The third-order valence-corrected chi connectivity index (χ3v) is 8.22. The highest BCUT2D eigenvalue weighted by atomic mass is 32.2. The van der Waals surface area contributed by atoms with Crippen molar-refractivity contribution in [3.8, 4) is 0 Å². The molecule has 1 saturated heterocycles. The van der Waals surface area contributed by atoms with Gasteiger partial charge in [0, 0.05) is 56.3 Å². The predicted molar refractivity (Wildman–Crippen MR) is 119 cm³/mol. The van der Waals surface area contributed by atoms with Crippen molar-refractivity contribution in [1.29, 1.82) is 0 Å². The average Bonchev–Trinajstić information content (AvgIpc) is 3.61. The van der Waals surface area contributed by atoms with Gasteiger partial charge >= 0.3 is 0 Å². The molecule has 1 aliphatic carbocycles. The molecule has 5 rings (SSSR count). The van der Waals surface area contributed by atoms with E-state index in [-0.39, 0.29) is 17.6 Å². The summed E-state index contributed by atoms with van der Waals surface area (Å²) in [4.78, 5) is 17.3. The van der Waals surface area contributed by atoms with Crippen molar-refractivity contribution in [3.63, 3.8) is 0 Å². The summed E-state index contributed by atoms with van der Waals surface area (Å²) >= 11 is 0. The molecular weight excluding hydrogens is 410 g/mol. The van der Waals surface area contributed by atoms with Gasteiger partial charge in [0.2, 0.25) is 10.0 Å². The van der Waals surface area contributed by atoms with E-state index in [0.29, 0.717) is 37.5 Å². The Bertz CT molecular complexity index is 1220. The van der Waals surface area contributed by atoms with Crippen molar-refractivity contribution in [2.45, 2.75) is 23.7 Å². The molecule has 0 spiro atoms. The van der Waals surface area contributed by atoms with Crippen LogP contribution < -0.4 is 5.32 Å². The molecule has 31 heavy (non-hydrogen) atoms. The lowest BCUT2D eigenvalue weighted by Crippen LogP contribution is -2.46. The molecule has 2 heterocycles. The fourth-order valence-electron chi connectivity index (χ4n) is 4.42. The van der Waals surface area contributed by atoms with Crippen LogP contribution in [0, 0.1) is 5.92 Å². The molecule has 1 N–H and O–H groups in total. The monoisotopic (exact) mass is 435 g/mol. The minimum absolute atomic E-state index is 0.0174. The summed E-state index contributed by atoms with van der Waals surface area (Å²) in [6.45, 7) is 2.34. The summed E-state index contributed by atoms with van der Waals surface area (Å²) < 4.78 is 27.1. The topological polar surface area (TPSA) is 79.4 Å². The molecule has 0 radical (unpaired) electrons. The molecule has 2 atom stereocenters. The van der Waals surface area contributed by atoms with Gasteiger partial charge in [-0.2, -0.15) is 4.31 Å². The Hall–Kier alpha value is -2.61. The summed E-state index contributed by atoms with van der Waals surface area (Å²) in [6.07, 6.45) is 4.84. The Kier molecular flexibility index (Phi) is 5.33. The number of pyridine rings is 1. The van der Waals surface area contributed by atoms with Gasteiger partial charge in [0.1, 0.15) is 5.78 Å². The zero-order valence-electron chi connectivity index (χ0n) is 17.2. The van der Waals surface area contributed by atoms with E-state index in [1.54, 1.807) is 18.3 Å². The van der Waals surface area contributed by atoms with Gasteiger partial charge in [-0.1, -0.05) is 30.3 Å². The quantitative estimate of drug-likeness (QED) is 0.644. The molecular formula is C24H25N3O3S. The van der Waals surface area contributed by atoms with E-state index in [9.17, 15) is 13.2 Å². The molecule has 2 fully saturated rings. The summed E-state index contributed by atoms with van der Waals surface area (Å²) in [5.41, 5.74) is 2.06. The summed E-state index contributed by atoms with van der Waals surface area (Å²) in [7, 11) is -3.45. The second kappa shape index (κ2) is 8.15. The minimum atomic E-state index is -3.45. The SMILES string of the molecule is O=C(Cc1ccc2cnccc2c1)C1CC1c1ccc(S(=O)(=O)N2CCNCC2)cc1. The molecule has 0 bridgehead atoms. The van der Waals surface area contributed by atoms with E-state index in [2.05, 4.69) is 16.4 Å². The van der Waals surface area contributed by atoms with E-state index >= 15 is 0 Å². The smallest absolute Gasteiger partial charge is 0.243 e. The number of Topliss-reactive ketones (excluding diaryl/α,β-unsaturated/α-hetero) is 1. The van der Waals surface area contributed by atoms with Crippen LogP contribution in [0.5, 0.6) is 0 Å². The second-order valence-electron chi connectivity index (χ2n) is 8.37. The van der Waals surface area contributed by atoms with Gasteiger partial charge < -0.3 is 5.32 Å².